The van der Waals surface area contributed by atoms with Crippen LogP contribution >= 0.6 is 24.0 Å². The summed E-state index contributed by atoms with van der Waals surface area (Å²) in [5.74, 6) is 0.976. The van der Waals surface area contributed by atoms with Crippen molar-refractivity contribution in [2.24, 2.45) is 5.73 Å². The number of aromatic nitrogens is 2. The number of aryl methyl sites for hydroxylation is 1. The molecule has 0 unspecified atom stereocenters. The van der Waals surface area contributed by atoms with E-state index in [0.29, 0.717) is 49.2 Å². The Morgan fingerprint density at radius 3 is 2.52 bits per heavy atom. The minimum Gasteiger partial charge on any atom is -0.339 e. The average Bonchev–Trinajstić information content (AvgIpc) is 3.19. The van der Waals surface area contributed by atoms with Gasteiger partial charge in [-0.25, -0.2) is 0 Å². The molecule has 6 nitrogen and oxygen atoms in total. The van der Waals surface area contributed by atoms with Gasteiger partial charge in [-0.1, -0.05) is 47.1 Å². The molecule has 29 heavy (non-hydrogen) atoms. The van der Waals surface area contributed by atoms with Crippen LogP contribution in [0, 0.1) is 0 Å². The number of carbonyl (C=O) groups is 1. The van der Waals surface area contributed by atoms with Gasteiger partial charge < -0.3 is 15.2 Å². The predicted octanol–water partition coefficient (Wildman–Crippen LogP) is 4.12. The fourth-order valence-corrected chi connectivity index (χ4v) is 2.95. The maximum Gasteiger partial charge on any atom is 0.227 e. The first kappa shape index (κ1) is 22.9. The molecule has 154 valence electrons. The van der Waals surface area contributed by atoms with Crippen LogP contribution in [0.3, 0.4) is 0 Å². The number of nitrogens with two attached hydrogens (primary N) is 1. The van der Waals surface area contributed by atoms with Gasteiger partial charge in [-0.15, -0.1) is 12.4 Å². The van der Waals surface area contributed by atoms with Gasteiger partial charge >= 0.3 is 0 Å². The molecule has 1 amide bonds. The van der Waals surface area contributed by atoms with Crippen LogP contribution in [0.2, 0.25) is 5.02 Å². The van der Waals surface area contributed by atoms with Gasteiger partial charge in [-0.3, -0.25) is 4.79 Å². The monoisotopic (exact) mass is 434 g/mol. The van der Waals surface area contributed by atoms with Crippen LogP contribution in [0.15, 0.2) is 59.1 Å². The number of halogens is 2. The number of carbonyl (C=O) groups excluding carboxylic acids is 1. The molecule has 0 fully saturated rings. The molecule has 0 saturated heterocycles. The standard InChI is InChI=1S/C21H23ClN4O2.ClH/c22-18-9-7-17(8-10-18)21-24-19(28-25-21)11-12-20(27)26(14-4-13-23)15-16-5-2-1-3-6-16;/h1-3,5-10H,4,11-15,23H2;1H. The lowest BCUT2D eigenvalue weighted by Gasteiger charge is -2.22. The molecular formula is C21H24Cl2N4O2. The lowest BCUT2D eigenvalue weighted by Crippen LogP contribution is -2.32. The summed E-state index contributed by atoms with van der Waals surface area (Å²) in [6.07, 6.45) is 1.47. The fraction of sp³-hybridized carbons (Fsp3) is 0.286. The highest BCUT2D eigenvalue weighted by Crippen LogP contribution is 2.19. The normalized spacial score (nSPS) is 10.4. The lowest BCUT2D eigenvalue weighted by atomic mass is 10.2. The molecule has 1 aromatic heterocycles. The Kier molecular flexibility index (Phi) is 9.12. The quantitative estimate of drug-likeness (QED) is 0.547. The molecule has 0 spiro atoms. The minimum atomic E-state index is 0. The third-order valence-corrected chi connectivity index (χ3v) is 4.58. The van der Waals surface area contributed by atoms with Gasteiger partial charge in [0.25, 0.3) is 0 Å². The van der Waals surface area contributed by atoms with E-state index in [9.17, 15) is 4.79 Å². The summed E-state index contributed by atoms with van der Waals surface area (Å²) in [4.78, 5) is 18.9. The number of benzene rings is 2. The molecule has 1 heterocycles. The summed E-state index contributed by atoms with van der Waals surface area (Å²) < 4.78 is 5.29. The van der Waals surface area contributed by atoms with Crippen LogP contribution in [0.1, 0.15) is 24.3 Å². The second-order valence-electron chi connectivity index (χ2n) is 6.46. The Hall–Kier alpha value is -2.41. The number of hydrogen-bond donors (Lipinski definition) is 1. The smallest absolute Gasteiger partial charge is 0.227 e. The molecule has 3 aromatic rings. The summed E-state index contributed by atoms with van der Waals surface area (Å²) >= 11 is 5.90. The van der Waals surface area contributed by atoms with Crippen molar-refractivity contribution in [3.8, 4) is 11.4 Å². The number of nitrogens with zero attached hydrogens (tertiary/aromatic N) is 3. The molecule has 0 atom stereocenters. The SMILES string of the molecule is Cl.NCCCN(Cc1ccccc1)C(=O)CCc1nc(-c2ccc(Cl)cc2)no1. The van der Waals surface area contributed by atoms with Crippen molar-refractivity contribution in [2.45, 2.75) is 25.8 Å². The van der Waals surface area contributed by atoms with E-state index in [-0.39, 0.29) is 18.3 Å². The van der Waals surface area contributed by atoms with Crippen molar-refractivity contribution < 1.29 is 9.32 Å². The van der Waals surface area contributed by atoms with Crippen molar-refractivity contribution in [3.63, 3.8) is 0 Å². The van der Waals surface area contributed by atoms with Gasteiger partial charge in [0.1, 0.15) is 0 Å². The Morgan fingerprint density at radius 1 is 1.10 bits per heavy atom. The maximum atomic E-state index is 12.7. The van der Waals surface area contributed by atoms with E-state index < -0.39 is 0 Å². The molecule has 0 radical (unpaired) electrons. The van der Waals surface area contributed by atoms with Crippen LogP contribution in [0.5, 0.6) is 0 Å². The van der Waals surface area contributed by atoms with E-state index in [4.69, 9.17) is 21.9 Å². The summed E-state index contributed by atoms with van der Waals surface area (Å²) in [6.45, 7) is 1.75. The van der Waals surface area contributed by atoms with Crippen LogP contribution in [0.25, 0.3) is 11.4 Å². The van der Waals surface area contributed by atoms with Gasteiger partial charge in [0.15, 0.2) is 0 Å². The molecule has 0 aliphatic heterocycles. The van der Waals surface area contributed by atoms with Crippen LogP contribution < -0.4 is 5.73 Å². The molecule has 0 aliphatic carbocycles. The summed E-state index contributed by atoms with van der Waals surface area (Å²) in [5, 5.41) is 4.63. The van der Waals surface area contributed by atoms with Crippen molar-refractivity contribution in [3.05, 3.63) is 71.1 Å². The minimum absolute atomic E-state index is 0. The number of hydrogen-bond acceptors (Lipinski definition) is 5. The summed E-state index contributed by atoms with van der Waals surface area (Å²) in [7, 11) is 0. The Labute approximate surface area is 181 Å². The molecular weight excluding hydrogens is 411 g/mol. The van der Waals surface area contributed by atoms with Gasteiger partial charge in [-0.2, -0.15) is 4.98 Å². The first-order chi connectivity index (χ1) is 13.7. The van der Waals surface area contributed by atoms with Crippen molar-refractivity contribution in [1.82, 2.24) is 15.0 Å². The van der Waals surface area contributed by atoms with Crippen LogP contribution in [-0.4, -0.2) is 34.0 Å². The van der Waals surface area contributed by atoms with E-state index in [1.54, 1.807) is 12.1 Å². The molecule has 0 saturated carbocycles. The van der Waals surface area contributed by atoms with E-state index >= 15 is 0 Å². The van der Waals surface area contributed by atoms with Crippen molar-refractivity contribution in [1.29, 1.82) is 0 Å². The third-order valence-electron chi connectivity index (χ3n) is 4.32. The van der Waals surface area contributed by atoms with E-state index in [1.165, 1.54) is 0 Å². The van der Waals surface area contributed by atoms with Crippen molar-refractivity contribution >= 4 is 29.9 Å². The zero-order chi connectivity index (χ0) is 19.8. The Bertz CT molecular complexity index is 885. The first-order valence-electron chi connectivity index (χ1n) is 9.26. The second kappa shape index (κ2) is 11.6. The largest absolute Gasteiger partial charge is 0.339 e. The summed E-state index contributed by atoms with van der Waals surface area (Å²) in [5.41, 5.74) is 7.54. The maximum absolute atomic E-state index is 12.7. The Morgan fingerprint density at radius 2 is 1.83 bits per heavy atom. The zero-order valence-electron chi connectivity index (χ0n) is 16.0. The Balaban J connectivity index is 0.00000300. The highest BCUT2D eigenvalue weighted by atomic mass is 35.5. The molecule has 0 bridgehead atoms. The van der Waals surface area contributed by atoms with Crippen molar-refractivity contribution in [2.75, 3.05) is 13.1 Å². The average molecular weight is 435 g/mol. The van der Waals surface area contributed by atoms with E-state index in [0.717, 1.165) is 17.5 Å². The van der Waals surface area contributed by atoms with Gasteiger partial charge in [0, 0.05) is 36.5 Å². The van der Waals surface area contributed by atoms with Gasteiger partial charge in [0.2, 0.25) is 17.6 Å². The molecule has 8 heteroatoms. The topological polar surface area (TPSA) is 85.2 Å². The number of amides is 1. The van der Waals surface area contributed by atoms with Gasteiger partial charge in [-0.05, 0) is 42.8 Å². The first-order valence-corrected chi connectivity index (χ1v) is 9.64. The molecule has 0 aliphatic rings. The fourth-order valence-electron chi connectivity index (χ4n) is 2.82. The second-order valence-corrected chi connectivity index (χ2v) is 6.90. The zero-order valence-corrected chi connectivity index (χ0v) is 17.5. The lowest BCUT2D eigenvalue weighted by molar-refractivity contribution is -0.131. The van der Waals surface area contributed by atoms with Crippen LogP contribution in [0.4, 0.5) is 0 Å². The highest BCUT2D eigenvalue weighted by molar-refractivity contribution is 6.30. The highest BCUT2D eigenvalue weighted by Gasteiger charge is 2.16. The van der Waals surface area contributed by atoms with Gasteiger partial charge in [0.05, 0.1) is 0 Å². The predicted molar refractivity (Wildman–Crippen MR) is 116 cm³/mol. The third kappa shape index (κ3) is 6.85. The molecule has 2 N–H and O–H groups in total. The van der Waals surface area contributed by atoms with E-state index in [2.05, 4.69) is 10.1 Å². The number of rotatable bonds is 9. The molecule has 2 aromatic carbocycles. The molecule has 3 rings (SSSR count). The van der Waals surface area contributed by atoms with E-state index in [1.807, 2.05) is 47.4 Å². The van der Waals surface area contributed by atoms with Crippen LogP contribution in [-0.2, 0) is 17.8 Å². The summed E-state index contributed by atoms with van der Waals surface area (Å²) in [6, 6.07) is 17.1.